The molecule has 1 aromatic carbocycles. The van der Waals surface area contributed by atoms with Gasteiger partial charge in [0.1, 0.15) is 0 Å². The highest BCUT2D eigenvalue weighted by Gasteiger charge is 2.29. The summed E-state index contributed by atoms with van der Waals surface area (Å²) in [6, 6.07) is 8.68. The van der Waals surface area contributed by atoms with Gasteiger partial charge >= 0.3 is 0 Å². The Labute approximate surface area is 150 Å². The smallest absolute Gasteiger partial charge is 0.237 e. The molecule has 1 atom stereocenters. The zero-order valence-corrected chi connectivity index (χ0v) is 15.8. The predicted molar refractivity (Wildman–Crippen MR) is 99.2 cm³/mol. The van der Waals surface area contributed by atoms with Gasteiger partial charge in [-0.05, 0) is 30.7 Å². The first-order chi connectivity index (χ1) is 11.8. The third-order valence-corrected chi connectivity index (χ3v) is 6.30. The maximum absolute atomic E-state index is 12.5. The molecule has 0 spiro atoms. The SMILES string of the molecule is CC(C)C[C@H](N)C(=O)NC1CCN(S(=O)(=O)Cc2ccccc2)CC1. The number of carbonyl (C=O) groups excluding carboxylic acids is 1. The van der Waals surface area contributed by atoms with Crippen molar-refractivity contribution in [1.29, 1.82) is 0 Å². The molecule has 25 heavy (non-hydrogen) atoms. The molecular weight excluding hydrogens is 338 g/mol. The molecule has 2 rings (SSSR count). The monoisotopic (exact) mass is 367 g/mol. The number of rotatable bonds is 7. The summed E-state index contributed by atoms with van der Waals surface area (Å²) in [5, 5.41) is 2.96. The van der Waals surface area contributed by atoms with Gasteiger partial charge in [-0.3, -0.25) is 4.79 Å². The highest BCUT2D eigenvalue weighted by Crippen LogP contribution is 2.18. The number of nitrogens with two attached hydrogens (primary N) is 1. The first-order valence-corrected chi connectivity index (χ1v) is 10.5. The number of amides is 1. The van der Waals surface area contributed by atoms with E-state index in [0.29, 0.717) is 38.3 Å². The second kappa shape index (κ2) is 8.78. The van der Waals surface area contributed by atoms with Crippen LogP contribution < -0.4 is 11.1 Å². The second-order valence-electron chi connectivity index (χ2n) is 7.16. The molecule has 0 aliphatic carbocycles. The van der Waals surface area contributed by atoms with Crippen molar-refractivity contribution in [3.05, 3.63) is 35.9 Å². The first kappa shape index (κ1) is 19.9. The minimum atomic E-state index is -3.32. The maximum atomic E-state index is 12.5. The van der Waals surface area contributed by atoms with Crippen molar-refractivity contribution in [3.8, 4) is 0 Å². The van der Waals surface area contributed by atoms with E-state index in [2.05, 4.69) is 5.32 Å². The fraction of sp³-hybridized carbons (Fsp3) is 0.611. The van der Waals surface area contributed by atoms with Gasteiger partial charge in [0.2, 0.25) is 15.9 Å². The Morgan fingerprint density at radius 3 is 2.40 bits per heavy atom. The van der Waals surface area contributed by atoms with Gasteiger partial charge in [0, 0.05) is 19.1 Å². The zero-order valence-electron chi connectivity index (χ0n) is 15.0. The lowest BCUT2D eigenvalue weighted by Crippen LogP contribution is -2.50. The van der Waals surface area contributed by atoms with Gasteiger partial charge in [0.05, 0.1) is 11.8 Å². The summed E-state index contributed by atoms with van der Waals surface area (Å²) in [7, 11) is -3.32. The maximum Gasteiger partial charge on any atom is 0.237 e. The van der Waals surface area contributed by atoms with Gasteiger partial charge in [-0.25, -0.2) is 12.7 Å². The van der Waals surface area contributed by atoms with Gasteiger partial charge in [-0.2, -0.15) is 0 Å². The fourth-order valence-corrected chi connectivity index (χ4v) is 4.64. The largest absolute Gasteiger partial charge is 0.352 e. The standard InChI is InChI=1S/C18H29N3O3S/c1-14(2)12-17(19)18(22)20-16-8-10-21(11-9-16)25(23,24)13-15-6-4-3-5-7-15/h3-7,14,16-17H,8-13,19H2,1-2H3,(H,20,22)/t17-/m0/s1. The Balaban J connectivity index is 1.83. The zero-order chi connectivity index (χ0) is 18.4. The van der Waals surface area contributed by atoms with E-state index < -0.39 is 16.1 Å². The number of hydrogen-bond donors (Lipinski definition) is 2. The van der Waals surface area contributed by atoms with Crippen molar-refractivity contribution in [2.45, 2.75) is 50.9 Å². The highest BCUT2D eigenvalue weighted by atomic mass is 32.2. The number of benzene rings is 1. The molecule has 140 valence electrons. The Hall–Kier alpha value is -1.44. The molecule has 7 heteroatoms. The van der Waals surface area contributed by atoms with E-state index in [1.807, 2.05) is 44.2 Å². The van der Waals surface area contributed by atoms with Crippen molar-refractivity contribution in [2.24, 2.45) is 11.7 Å². The van der Waals surface area contributed by atoms with Gasteiger partial charge < -0.3 is 11.1 Å². The molecule has 0 bridgehead atoms. The van der Waals surface area contributed by atoms with E-state index in [1.54, 1.807) is 0 Å². The fourth-order valence-electron chi connectivity index (χ4n) is 3.08. The van der Waals surface area contributed by atoms with Crippen LogP contribution in [0.4, 0.5) is 0 Å². The van der Waals surface area contributed by atoms with E-state index in [9.17, 15) is 13.2 Å². The third-order valence-electron chi connectivity index (χ3n) is 4.45. The Bertz CT molecular complexity index is 653. The summed E-state index contributed by atoms with van der Waals surface area (Å²) in [5.41, 5.74) is 6.69. The number of piperidine rings is 1. The van der Waals surface area contributed by atoms with Crippen LogP contribution in [0.15, 0.2) is 30.3 Å². The van der Waals surface area contributed by atoms with Crippen molar-refractivity contribution < 1.29 is 13.2 Å². The van der Waals surface area contributed by atoms with Crippen molar-refractivity contribution in [2.75, 3.05) is 13.1 Å². The normalized spacial score (nSPS) is 18.2. The lowest BCUT2D eigenvalue weighted by Gasteiger charge is -2.32. The van der Waals surface area contributed by atoms with Crippen LogP contribution in [0.5, 0.6) is 0 Å². The Morgan fingerprint density at radius 2 is 1.84 bits per heavy atom. The molecule has 0 radical (unpaired) electrons. The van der Waals surface area contributed by atoms with Crippen LogP contribution in [-0.4, -0.2) is 43.8 Å². The summed E-state index contributed by atoms with van der Waals surface area (Å²) < 4.78 is 26.6. The molecule has 1 amide bonds. The van der Waals surface area contributed by atoms with Gasteiger partial charge in [-0.15, -0.1) is 0 Å². The summed E-state index contributed by atoms with van der Waals surface area (Å²) in [5.74, 6) is 0.245. The summed E-state index contributed by atoms with van der Waals surface area (Å²) in [4.78, 5) is 12.1. The first-order valence-electron chi connectivity index (χ1n) is 8.85. The number of nitrogens with one attached hydrogen (secondary N) is 1. The van der Waals surface area contributed by atoms with Crippen molar-refractivity contribution >= 4 is 15.9 Å². The molecule has 1 aliphatic rings. The van der Waals surface area contributed by atoms with Crippen molar-refractivity contribution in [3.63, 3.8) is 0 Å². The van der Waals surface area contributed by atoms with Crippen LogP contribution in [0.1, 0.15) is 38.7 Å². The minimum absolute atomic E-state index is 0.00566. The van der Waals surface area contributed by atoms with Crippen LogP contribution in [-0.2, 0) is 20.6 Å². The number of carbonyl (C=O) groups is 1. The molecule has 1 heterocycles. The average Bonchev–Trinajstić information content (AvgIpc) is 2.55. The summed E-state index contributed by atoms with van der Waals surface area (Å²) in [6.45, 7) is 4.92. The molecular formula is C18H29N3O3S. The van der Waals surface area contributed by atoms with Gasteiger partial charge in [0.25, 0.3) is 0 Å². The topological polar surface area (TPSA) is 92.5 Å². The van der Waals surface area contributed by atoms with Gasteiger partial charge in [-0.1, -0.05) is 44.2 Å². The van der Waals surface area contributed by atoms with Crippen molar-refractivity contribution in [1.82, 2.24) is 9.62 Å². The van der Waals surface area contributed by atoms with E-state index >= 15 is 0 Å². The molecule has 1 saturated heterocycles. The molecule has 0 saturated carbocycles. The quantitative estimate of drug-likeness (QED) is 0.763. The predicted octanol–water partition coefficient (Wildman–Crippen LogP) is 1.47. The molecule has 1 aliphatic heterocycles. The van der Waals surface area contributed by atoms with Crippen LogP contribution in [0, 0.1) is 5.92 Å². The number of nitrogens with zero attached hydrogens (tertiary/aromatic N) is 1. The molecule has 0 unspecified atom stereocenters. The molecule has 6 nitrogen and oxygen atoms in total. The van der Waals surface area contributed by atoms with Crippen LogP contribution in [0.3, 0.4) is 0 Å². The summed E-state index contributed by atoms with van der Waals surface area (Å²) >= 11 is 0. The third kappa shape index (κ3) is 6.09. The van der Waals surface area contributed by atoms with Crippen LogP contribution in [0.25, 0.3) is 0 Å². The molecule has 3 N–H and O–H groups in total. The van der Waals surface area contributed by atoms with E-state index in [-0.39, 0.29) is 17.7 Å². The van der Waals surface area contributed by atoms with E-state index in [1.165, 1.54) is 4.31 Å². The summed E-state index contributed by atoms with van der Waals surface area (Å²) in [6.07, 6.45) is 1.89. The van der Waals surface area contributed by atoms with E-state index in [4.69, 9.17) is 5.73 Å². The molecule has 1 fully saturated rings. The molecule has 0 aromatic heterocycles. The lowest BCUT2D eigenvalue weighted by atomic mass is 10.0. The Kier molecular flexibility index (Phi) is 6.98. The number of sulfonamides is 1. The van der Waals surface area contributed by atoms with E-state index in [0.717, 1.165) is 5.56 Å². The second-order valence-corrected chi connectivity index (χ2v) is 9.13. The molecule has 1 aromatic rings. The lowest BCUT2D eigenvalue weighted by molar-refractivity contribution is -0.123. The Morgan fingerprint density at radius 1 is 1.24 bits per heavy atom. The highest BCUT2D eigenvalue weighted by molar-refractivity contribution is 7.88. The average molecular weight is 368 g/mol. The van der Waals surface area contributed by atoms with Gasteiger partial charge in [0.15, 0.2) is 0 Å². The number of hydrogen-bond acceptors (Lipinski definition) is 4. The van der Waals surface area contributed by atoms with Crippen LogP contribution in [0.2, 0.25) is 0 Å². The van der Waals surface area contributed by atoms with Crippen LogP contribution >= 0.6 is 0 Å². The minimum Gasteiger partial charge on any atom is -0.352 e.